The van der Waals surface area contributed by atoms with Crippen LogP contribution >= 0.6 is 11.3 Å². The highest BCUT2D eigenvalue weighted by molar-refractivity contribution is 7.18. The SMILES string of the molecule is CCOC(=O)c1ccc(Nc2nc(Cc3ccccc3)nc3sc(C)c(C)c23)cc1. The number of carbonyl (C=O) groups excluding carboxylic acids is 1. The second-order valence-corrected chi connectivity index (χ2v) is 8.24. The van der Waals surface area contributed by atoms with E-state index in [4.69, 9.17) is 14.7 Å². The molecule has 0 aliphatic rings. The Hall–Kier alpha value is -3.25. The minimum Gasteiger partial charge on any atom is -0.462 e. The third-order valence-corrected chi connectivity index (χ3v) is 6.04. The number of ether oxygens (including phenoxy) is 1. The summed E-state index contributed by atoms with van der Waals surface area (Å²) >= 11 is 1.69. The first-order valence-corrected chi connectivity index (χ1v) is 10.7. The maximum atomic E-state index is 11.9. The van der Waals surface area contributed by atoms with Crippen molar-refractivity contribution in [3.05, 3.63) is 82.0 Å². The van der Waals surface area contributed by atoms with E-state index < -0.39 is 0 Å². The van der Waals surface area contributed by atoms with Gasteiger partial charge >= 0.3 is 5.97 Å². The Kier molecular flexibility index (Phi) is 5.77. The Balaban J connectivity index is 1.69. The summed E-state index contributed by atoms with van der Waals surface area (Å²) in [5.41, 5.74) is 3.75. The second-order valence-electron chi connectivity index (χ2n) is 7.04. The lowest BCUT2D eigenvalue weighted by molar-refractivity contribution is 0.0526. The van der Waals surface area contributed by atoms with Crippen molar-refractivity contribution in [2.75, 3.05) is 11.9 Å². The highest BCUT2D eigenvalue weighted by atomic mass is 32.1. The van der Waals surface area contributed by atoms with Crippen molar-refractivity contribution in [1.29, 1.82) is 0 Å². The van der Waals surface area contributed by atoms with Gasteiger partial charge in [-0.05, 0) is 56.2 Å². The van der Waals surface area contributed by atoms with Gasteiger partial charge in [0.15, 0.2) is 0 Å². The van der Waals surface area contributed by atoms with Crippen molar-refractivity contribution >= 4 is 39.0 Å². The second kappa shape index (κ2) is 8.63. The summed E-state index contributed by atoms with van der Waals surface area (Å²) in [5, 5.41) is 4.47. The average molecular weight is 418 g/mol. The third-order valence-electron chi connectivity index (χ3n) is 4.94. The van der Waals surface area contributed by atoms with Crippen LogP contribution in [0.3, 0.4) is 0 Å². The molecule has 0 saturated carbocycles. The Morgan fingerprint density at radius 3 is 2.47 bits per heavy atom. The summed E-state index contributed by atoms with van der Waals surface area (Å²) < 4.78 is 5.06. The van der Waals surface area contributed by atoms with Gasteiger partial charge < -0.3 is 10.1 Å². The normalized spacial score (nSPS) is 10.9. The molecule has 6 heteroatoms. The van der Waals surface area contributed by atoms with Crippen molar-refractivity contribution in [1.82, 2.24) is 9.97 Å². The lowest BCUT2D eigenvalue weighted by Gasteiger charge is -2.11. The Morgan fingerprint density at radius 1 is 1.03 bits per heavy atom. The summed E-state index contributed by atoms with van der Waals surface area (Å²) in [4.78, 5) is 23.8. The molecule has 0 atom stereocenters. The van der Waals surface area contributed by atoms with E-state index in [1.54, 1.807) is 30.4 Å². The molecule has 4 aromatic rings. The number of rotatable bonds is 6. The van der Waals surface area contributed by atoms with E-state index in [0.29, 0.717) is 18.6 Å². The molecule has 0 spiro atoms. The smallest absolute Gasteiger partial charge is 0.338 e. The summed E-state index contributed by atoms with van der Waals surface area (Å²) in [6.45, 7) is 6.37. The first-order chi connectivity index (χ1) is 14.5. The molecular weight excluding hydrogens is 394 g/mol. The number of nitrogens with zero attached hydrogens (tertiary/aromatic N) is 2. The number of fused-ring (bicyclic) bond motifs is 1. The molecule has 4 rings (SSSR count). The predicted octanol–water partition coefficient (Wildman–Crippen LogP) is 5.82. The highest BCUT2D eigenvalue weighted by Gasteiger charge is 2.15. The molecule has 0 bridgehead atoms. The number of aryl methyl sites for hydroxylation is 2. The van der Waals surface area contributed by atoms with Gasteiger partial charge in [0.25, 0.3) is 0 Å². The molecule has 0 aliphatic carbocycles. The van der Waals surface area contributed by atoms with Crippen LogP contribution in [0.2, 0.25) is 0 Å². The molecule has 30 heavy (non-hydrogen) atoms. The van der Waals surface area contributed by atoms with E-state index in [-0.39, 0.29) is 5.97 Å². The van der Waals surface area contributed by atoms with E-state index in [0.717, 1.165) is 27.5 Å². The van der Waals surface area contributed by atoms with Crippen LogP contribution in [-0.4, -0.2) is 22.5 Å². The molecule has 2 aromatic carbocycles. The topological polar surface area (TPSA) is 64.1 Å². The molecule has 2 aromatic heterocycles. The molecule has 152 valence electrons. The van der Waals surface area contributed by atoms with Crippen LogP contribution < -0.4 is 5.32 Å². The van der Waals surface area contributed by atoms with Gasteiger partial charge in [0.05, 0.1) is 17.6 Å². The third kappa shape index (κ3) is 4.19. The lowest BCUT2D eigenvalue weighted by atomic mass is 10.1. The fourth-order valence-corrected chi connectivity index (χ4v) is 4.33. The van der Waals surface area contributed by atoms with Gasteiger partial charge in [-0.1, -0.05) is 30.3 Å². The zero-order valence-electron chi connectivity index (χ0n) is 17.2. The molecule has 0 fully saturated rings. The van der Waals surface area contributed by atoms with E-state index in [1.807, 2.05) is 30.3 Å². The van der Waals surface area contributed by atoms with E-state index in [9.17, 15) is 4.79 Å². The van der Waals surface area contributed by atoms with Crippen LogP contribution in [-0.2, 0) is 11.2 Å². The maximum absolute atomic E-state index is 11.9. The summed E-state index contributed by atoms with van der Waals surface area (Å²) in [7, 11) is 0. The molecule has 0 radical (unpaired) electrons. The maximum Gasteiger partial charge on any atom is 0.338 e. The van der Waals surface area contributed by atoms with Crippen molar-refractivity contribution < 1.29 is 9.53 Å². The molecule has 5 nitrogen and oxygen atoms in total. The van der Waals surface area contributed by atoms with Crippen molar-refractivity contribution in [2.24, 2.45) is 0 Å². The average Bonchev–Trinajstić information content (AvgIpc) is 3.03. The van der Waals surface area contributed by atoms with E-state index >= 15 is 0 Å². The fourth-order valence-electron chi connectivity index (χ4n) is 3.28. The predicted molar refractivity (Wildman–Crippen MR) is 122 cm³/mol. The zero-order valence-corrected chi connectivity index (χ0v) is 18.0. The first-order valence-electron chi connectivity index (χ1n) is 9.90. The summed E-state index contributed by atoms with van der Waals surface area (Å²) in [5.74, 6) is 1.25. The van der Waals surface area contributed by atoms with E-state index in [1.165, 1.54) is 16.0 Å². The molecule has 0 unspecified atom stereocenters. The van der Waals surface area contributed by atoms with Crippen LogP contribution in [0.15, 0.2) is 54.6 Å². The van der Waals surface area contributed by atoms with Crippen molar-refractivity contribution in [3.63, 3.8) is 0 Å². The van der Waals surface area contributed by atoms with E-state index in [2.05, 4.69) is 31.3 Å². The van der Waals surface area contributed by atoms with Gasteiger partial charge in [-0.25, -0.2) is 14.8 Å². The Labute approximate surface area is 179 Å². The molecule has 2 heterocycles. The number of aromatic nitrogens is 2. The molecule has 0 amide bonds. The van der Waals surface area contributed by atoms with Crippen molar-refractivity contribution in [3.8, 4) is 0 Å². The quantitative estimate of drug-likeness (QED) is 0.401. The standard InChI is InChI=1S/C24H23N3O2S/c1-4-29-24(28)18-10-12-19(13-11-18)25-22-21-15(2)16(3)30-23(21)27-20(26-22)14-17-8-6-5-7-9-17/h5-13H,4,14H2,1-3H3,(H,25,26,27). The molecule has 0 aliphatic heterocycles. The van der Waals surface area contributed by atoms with Gasteiger partial charge in [-0.15, -0.1) is 11.3 Å². The van der Waals surface area contributed by atoms with Crippen LogP contribution in [0.1, 0.15) is 39.1 Å². The number of carbonyl (C=O) groups is 1. The van der Waals surface area contributed by atoms with Crippen LogP contribution in [0.5, 0.6) is 0 Å². The van der Waals surface area contributed by atoms with Gasteiger partial charge in [-0.3, -0.25) is 0 Å². The summed E-state index contributed by atoms with van der Waals surface area (Å²) in [6, 6.07) is 17.5. The van der Waals surface area contributed by atoms with Crippen LogP contribution in [0.4, 0.5) is 11.5 Å². The number of nitrogens with one attached hydrogen (secondary N) is 1. The Morgan fingerprint density at radius 2 is 1.77 bits per heavy atom. The van der Waals surface area contributed by atoms with Gasteiger partial charge in [-0.2, -0.15) is 0 Å². The lowest BCUT2D eigenvalue weighted by Crippen LogP contribution is -2.05. The minimum atomic E-state index is -0.317. The van der Waals surface area contributed by atoms with Crippen LogP contribution in [0, 0.1) is 13.8 Å². The Bertz CT molecular complexity index is 1180. The monoisotopic (exact) mass is 417 g/mol. The molecule has 0 saturated heterocycles. The minimum absolute atomic E-state index is 0.317. The highest BCUT2D eigenvalue weighted by Crippen LogP contribution is 2.34. The fraction of sp³-hybridized carbons (Fsp3) is 0.208. The summed E-state index contributed by atoms with van der Waals surface area (Å²) in [6.07, 6.45) is 0.670. The number of hydrogen-bond donors (Lipinski definition) is 1. The molecular formula is C24H23N3O2S. The number of benzene rings is 2. The molecule has 1 N–H and O–H groups in total. The van der Waals surface area contributed by atoms with Gasteiger partial charge in [0.1, 0.15) is 16.5 Å². The van der Waals surface area contributed by atoms with Gasteiger partial charge in [0.2, 0.25) is 0 Å². The van der Waals surface area contributed by atoms with Gasteiger partial charge in [0, 0.05) is 17.0 Å². The largest absolute Gasteiger partial charge is 0.462 e. The number of anilines is 2. The van der Waals surface area contributed by atoms with Crippen LogP contribution in [0.25, 0.3) is 10.2 Å². The number of thiophene rings is 1. The number of esters is 1. The number of hydrogen-bond acceptors (Lipinski definition) is 6. The van der Waals surface area contributed by atoms with Crippen molar-refractivity contribution in [2.45, 2.75) is 27.2 Å². The zero-order chi connectivity index (χ0) is 21.1. The first kappa shape index (κ1) is 20.0.